The summed E-state index contributed by atoms with van der Waals surface area (Å²) < 4.78 is 44.1. The Balaban J connectivity index is 1.96. The summed E-state index contributed by atoms with van der Waals surface area (Å²) in [6, 6.07) is 21.2. The normalized spacial score (nSPS) is 11.3. The van der Waals surface area contributed by atoms with Crippen molar-refractivity contribution in [3.63, 3.8) is 0 Å². The fourth-order valence-electron chi connectivity index (χ4n) is 3.08. The maximum absolute atomic E-state index is 13.4. The molecule has 0 N–H and O–H groups in total. The van der Waals surface area contributed by atoms with E-state index in [2.05, 4.69) is 0 Å². The molecule has 0 radical (unpaired) electrons. The lowest BCUT2D eigenvalue weighted by Gasteiger charge is -2.23. The Labute approximate surface area is 177 Å². The van der Waals surface area contributed by atoms with Gasteiger partial charge < -0.3 is 14.2 Å². The second kappa shape index (κ2) is 9.65. The molecule has 0 aromatic heterocycles. The molecule has 0 unspecified atom stereocenters. The summed E-state index contributed by atoms with van der Waals surface area (Å²) in [6.45, 7) is 0.402. The second-order valence-corrected chi connectivity index (χ2v) is 8.56. The van der Waals surface area contributed by atoms with Crippen LogP contribution in [0.3, 0.4) is 0 Å². The first-order valence-electron chi connectivity index (χ1n) is 9.37. The standard InChI is InChI=1S/C23H25NO5S/c1-27-20-12-9-18(10-13-20)16-24(30(25,26)21-7-5-4-6-8-21)17-19-11-14-22(28-2)23(15-19)29-3/h4-15H,16-17H2,1-3H3. The largest absolute Gasteiger partial charge is 0.497 e. The van der Waals surface area contributed by atoms with Crippen LogP contribution >= 0.6 is 0 Å². The predicted molar refractivity (Wildman–Crippen MR) is 115 cm³/mol. The van der Waals surface area contributed by atoms with E-state index in [1.54, 1.807) is 63.8 Å². The van der Waals surface area contributed by atoms with E-state index < -0.39 is 10.0 Å². The van der Waals surface area contributed by atoms with Crippen molar-refractivity contribution in [2.24, 2.45) is 0 Å². The highest BCUT2D eigenvalue weighted by molar-refractivity contribution is 7.89. The summed E-state index contributed by atoms with van der Waals surface area (Å²) in [5.41, 5.74) is 1.65. The molecule has 0 heterocycles. The molecule has 0 aliphatic heterocycles. The molecule has 0 amide bonds. The second-order valence-electron chi connectivity index (χ2n) is 6.62. The first-order valence-corrected chi connectivity index (χ1v) is 10.8. The van der Waals surface area contributed by atoms with Crippen LogP contribution in [0.5, 0.6) is 17.2 Å². The number of benzene rings is 3. The quantitative estimate of drug-likeness (QED) is 0.514. The van der Waals surface area contributed by atoms with Crippen LogP contribution in [0.1, 0.15) is 11.1 Å². The molecule has 0 bridgehead atoms. The van der Waals surface area contributed by atoms with Gasteiger partial charge in [-0.15, -0.1) is 0 Å². The minimum absolute atomic E-state index is 0.184. The van der Waals surface area contributed by atoms with Crippen molar-refractivity contribution >= 4 is 10.0 Å². The van der Waals surface area contributed by atoms with Crippen molar-refractivity contribution in [2.45, 2.75) is 18.0 Å². The van der Waals surface area contributed by atoms with Gasteiger partial charge in [-0.05, 0) is 47.5 Å². The lowest BCUT2D eigenvalue weighted by atomic mass is 10.2. The van der Waals surface area contributed by atoms with Gasteiger partial charge in [-0.3, -0.25) is 0 Å². The Morgan fingerprint density at radius 3 is 1.90 bits per heavy atom. The van der Waals surface area contributed by atoms with Crippen molar-refractivity contribution < 1.29 is 22.6 Å². The lowest BCUT2D eigenvalue weighted by Crippen LogP contribution is -2.30. The molecule has 3 aromatic rings. The van der Waals surface area contributed by atoms with Crippen LogP contribution in [0.4, 0.5) is 0 Å². The van der Waals surface area contributed by atoms with E-state index in [1.807, 2.05) is 30.3 Å². The Kier molecular flexibility index (Phi) is 6.97. The molecule has 158 valence electrons. The molecular weight excluding hydrogens is 402 g/mol. The van der Waals surface area contributed by atoms with Gasteiger partial charge in [0.1, 0.15) is 5.75 Å². The average molecular weight is 428 g/mol. The van der Waals surface area contributed by atoms with Crippen LogP contribution in [0, 0.1) is 0 Å². The van der Waals surface area contributed by atoms with Crippen LogP contribution in [-0.2, 0) is 23.1 Å². The van der Waals surface area contributed by atoms with Gasteiger partial charge in [-0.2, -0.15) is 4.31 Å². The number of rotatable bonds is 9. The van der Waals surface area contributed by atoms with Gasteiger partial charge in [0.05, 0.1) is 26.2 Å². The number of sulfonamides is 1. The molecule has 30 heavy (non-hydrogen) atoms. The summed E-state index contributed by atoms with van der Waals surface area (Å²) in [5, 5.41) is 0. The minimum Gasteiger partial charge on any atom is -0.497 e. The Hall–Kier alpha value is -3.03. The molecule has 3 aromatic carbocycles. The lowest BCUT2D eigenvalue weighted by molar-refractivity contribution is 0.352. The fourth-order valence-corrected chi connectivity index (χ4v) is 4.52. The molecule has 0 atom stereocenters. The highest BCUT2D eigenvalue weighted by atomic mass is 32.2. The molecule has 7 heteroatoms. The summed E-state index contributed by atoms with van der Waals surface area (Å²) in [5.74, 6) is 1.86. The van der Waals surface area contributed by atoms with Crippen molar-refractivity contribution in [1.29, 1.82) is 0 Å². The van der Waals surface area contributed by atoms with E-state index in [9.17, 15) is 8.42 Å². The predicted octanol–water partition coefficient (Wildman–Crippen LogP) is 4.10. The Morgan fingerprint density at radius 1 is 0.700 bits per heavy atom. The van der Waals surface area contributed by atoms with E-state index in [4.69, 9.17) is 14.2 Å². The van der Waals surface area contributed by atoms with Crippen LogP contribution in [0.2, 0.25) is 0 Å². The molecular formula is C23H25NO5S. The Morgan fingerprint density at radius 2 is 1.30 bits per heavy atom. The molecule has 0 saturated heterocycles. The van der Waals surface area contributed by atoms with Crippen LogP contribution < -0.4 is 14.2 Å². The summed E-state index contributed by atoms with van der Waals surface area (Å²) in [7, 11) is 0.993. The van der Waals surface area contributed by atoms with E-state index >= 15 is 0 Å². The highest BCUT2D eigenvalue weighted by Gasteiger charge is 2.25. The molecule has 0 spiro atoms. The van der Waals surface area contributed by atoms with E-state index in [1.165, 1.54) is 4.31 Å². The zero-order valence-corrected chi connectivity index (χ0v) is 18.1. The summed E-state index contributed by atoms with van der Waals surface area (Å²) in [4.78, 5) is 0.249. The molecule has 0 fully saturated rings. The topological polar surface area (TPSA) is 65.1 Å². The monoisotopic (exact) mass is 427 g/mol. The maximum Gasteiger partial charge on any atom is 0.243 e. The van der Waals surface area contributed by atoms with Crippen molar-refractivity contribution in [2.75, 3.05) is 21.3 Å². The third kappa shape index (κ3) is 4.93. The smallest absolute Gasteiger partial charge is 0.243 e. The summed E-state index contributed by atoms with van der Waals surface area (Å²) >= 11 is 0. The van der Waals surface area contributed by atoms with Gasteiger partial charge in [0.2, 0.25) is 10.0 Å². The van der Waals surface area contributed by atoms with Gasteiger partial charge >= 0.3 is 0 Å². The first kappa shape index (κ1) is 21.7. The molecule has 0 aliphatic carbocycles. The van der Waals surface area contributed by atoms with Crippen LogP contribution in [0.25, 0.3) is 0 Å². The summed E-state index contributed by atoms with van der Waals surface area (Å²) in [6.07, 6.45) is 0. The number of ether oxygens (including phenoxy) is 3. The third-order valence-electron chi connectivity index (χ3n) is 4.71. The van der Waals surface area contributed by atoms with Gasteiger partial charge in [0, 0.05) is 13.1 Å². The minimum atomic E-state index is -3.72. The number of nitrogens with zero attached hydrogens (tertiary/aromatic N) is 1. The first-order chi connectivity index (χ1) is 14.5. The highest BCUT2D eigenvalue weighted by Crippen LogP contribution is 2.29. The average Bonchev–Trinajstić information content (AvgIpc) is 2.79. The zero-order chi connectivity index (χ0) is 21.6. The SMILES string of the molecule is COc1ccc(CN(Cc2ccc(OC)c(OC)c2)S(=O)(=O)c2ccccc2)cc1. The fraction of sp³-hybridized carbons (Fsp3) is 0.217. The number of hydrogen-bond acceptors (Lipinski definition) is 5. The van der Waals surface area contributed by atoms with Crippen LogP contribution in [0.15, 0.2) is 77.7 Å². The van der Waals surface area contributed by atoms with E-state index in [0.717, 1.165) is 16.9 Å². The van der Waals surface area contributed by atoms with Gasteiger partial charge in [0.15, 0.2) is 11.5 Å². The molecule has 0 saturated carbocycles. The van der Waals surface area contributed by atoms with Crippen LogP contribution in [-0.4, -0.2) is 34.1 Å². The van der Waals surface area contributed by atoms with Crippen molar-refractivity contribution in [1.82, 2.24) is 4.31 Å². The van der Waals surface area contributed by atoms with Gasteiger partial charge in [-0.1, -0.05) is 36.4 Å². The molecule has 3 rings (SSSR count). The van der Waals surface area contributed by atoms with E-state index in [-0.39, 0.29) is 18.0 Å². The van der Waals surface area contributed by atoms with Gasteiger partial charge in [-0.25, -0.2) is 8.42 Å². The number of methoxy groups -OCH3 is 3. The maximum atomic E-state index is 13.4. The Bertz CT molecular complexity index is 1070. The number of hydrogen-bond donors (Lipinski definition) is 0. The third-order valence-corrected chi connectivity index (χ3v) is 6.51. The van der Waals surface area contributed by atoms with Crippen molar-refractivity contribution in [3.05, 3.63) is 83.9 Å². The van der Waals surface area contributed by atoms with Crippen molar-refractivity contribution in [3.8, 4) is 17.2 Å². The van der Waals surface area contributed by atoms with Gasteiger partial charge in [0.25, 0.3) is 0 Å². The molecule has 6 nitrogen and oxygen atoms in total. The van der Waals surface area contributed by atoms with E-state index in [0.29, 0.717) is 11.5 Å². The molecule has 0 aliphatic rings. The zero-order valence-electron chi connectivity index (χ0n) is 17.2.